The van der Waals surface area contributed by atoms with Crippen molar-refractivity contribution in [1.29, 1.82) is 0 Å². The fraction of sp³-hybridized carbons (Fsp3) is 0.250. The number of aryl methyl sites for hydroxylation is 1. The summed E-state index contributed by atoms with van der Waals surface area (Å²) in [5.74, 6) is 1.05. The van der Waals surface area contributed by atoms with E-state index in [-0.39, 0.29) is 4.87 Å². The molecule has 0 aliphatic rings. The van der Waals surface area contributed by atoms with Crippen LogP contribution >= 0.6 is 22.7 Å². The van der Waals surface area contributed by atoms with Crippen molar-refractivity contribution in [2.45, 2.75) is 20.4 Å². The lowest BCUT2D eigenvalue weighted by Gasteiger charge is -2.05. The molecule has 98 valence electrons. The van der Waals surface area contributed by atoms with Crippen molar-refractivity contribution in [3.8, 4) is 0 Å². The number of fused-ring (bicyclic) bond motifs is 1. The standard InChI is InChI=1S/C12H12N4OS2/c1-6-7(2)19-12(17)16(6)5-9-14-10(13)8-3-4-18-11(8)15-9/h3-4H,5H2,1-2H3,(H2,13,14,15). The van der Waals surface area contributed by atoms with Crippen molar-refractivity contribution >= 4 is 38.7 Å². The van der Waals surface area contributed by atoms with Gasteiger partial charge in [-0.15, -0.1) is 11.3 Å². The monoisotopic (exact) mass is 292 g/mol. The summed E-state index contributed by atoms with van der Waals surface area (Å²) in [5, 5.41) is 2.81. The second-order valence-electron chi connectivity index (χ2n) is 4.26. The average molecular weight is 292 g/mol. The van der Waals surface area contributed by atoms with Crippen LogP contribution in [-0.2, 0) is 6.54 Å². The number of anilines is 1. The zero-order valence-corrected chi connectivity index (χ0v) is 12.1. The Morgan fingerprint density at radius 2 is 2.16 bits per heavy atom. The van der Waals surface area contributed by atoms with Gasteiger partial charge in [-0.25, -0.2) is 9.97 Å². The second kappa shape index (κ2) is 4.43. The Labute approximate surface area is 117 Å². The first-order valence-corrected chi connectivity index (χ1v) is 7.42. The maximum absolute atomic E-state index is 11.9. The van der Waals surface area contributed by atoms with Gasteiger partial charge in [0.2, 0.25) is 0 Å². The molecule has 0 bridgehead atoms. The Bertz CT molecular complexity index is 815. The Balaban J connectivity index is 2.08. The van der Waals surface area contributed by atoms with E-state index in [4.69, 9.17) is 5.73 Å². The van der Waals surface area contributed by atoms with Crippen molar-refractivity contribution in [3.63, 3.8) is 0 Å². The summed E-state index contributed by atoms with van der Waals surface area (Å²) < 4.78 is 1.69. The Hall–Kier alpha value is -1.73. The summed E-state index contributed by atoms with van der Waals surface area (Å²) in [6.07, 6.45) is 0. The minimum absolute atomic E-state index is 0.0171. The molecule has 2 N–H and O–H groups in total. The Morgan fingerprint density at radius 1 is 1.37 bits per heavy atom. The largest absolute Gasteiger partial charge is 0.383 e. The van der Waals surface area contributed by atoms with E-state index >= 15 is 0 Å². The second-order valence-corrected chi connectivity index (χ2v) is 6.32. The van der Waals surface area contributed by atoms with E-state index in [1.807, 2.05) is 25.3 Å². The lowest BCUT2D eigenvalue weighted by atomic mass is 10.3. The highest BCUT2D eigenvalue weighted by atomic mass is 32.1. The Kier molecular flexibility index (Phi) is 2.87. The zero-order chi connectivity index (χ0) is 13.6. The van der Waals surface area contributed by atoms with E-state index in [1.54, 1.807) is 4.57 Å². The average Bonchev–Trinajstić information content (AvgIpc) is 2.91. The van der Waals surface area contributed by atoms with Gasteiger partial charge in [-0.3, -0.25) is 9.36 Å². The van der Waals surface area contributed by atoms with Gasteiger partial charge in [-0.1, -0.05) is 11.3 Å². The molecule has 19 heavy (non-hydrogen) atoms. The van der Waals surface area contributed by atoms with Crippen LogP contribution < -0.4 is 10.6 Å². The van der Waals surface area contributed by atoms with Gasteiger partial charge in [0.05, 0.1) is 11.9 Å². The predicted molar refractivity (Wildman–Crippen MR) is 79.0 cm³/mol. The van der Waals surface area contributed by atoms with Gasteiger partial charge in [0, 0.05) is 10.6 Å². The van der Waals surface area contributed by atoms with Crippen molar-refractivity contribution < 1.29 is 0 Å². The van der Waals surface area contributed by atoms with Gasteiger partial charge in [0.15, 0.2) is 5.82 Å². The topological polar surface area (TPSA) is 73.8 Å². The molecule has 0 aliphatic heterocycles. The zero-order valence-electron chi connectivity index (χ0n) is 10.5. The van der Waals surface area contributed by atoms with Gasteiger partial charge < -0.3 is 5.73 Å². The van der Waals surface area contributed by atoms with Gasteiger partial charge >= 0.3 is 4.87 Å². The van der Waals surface area contributed by atoms with E-state index in [9.17, 15) is 4.79 Å². The van der Waals surface area contributed by atoms with Crippen molar-refractivity contribution in [2.75, 3.05) is 5.73 Å². The summed E-state index contributed by atoms with van der Waals surface area (Å²) in [6, 6.07) is 1.91. The Morgan fingerprint density at radius 3 is 2.84 bits per heavy atom. The van der Waals surface area contributed by atoms with Crippen molar-refractivity contribution in [3.05, 3.63) is 37.5 Å². The van der Waals surface area contributed by atoms with Gasteiger partial charge in [-0.2, -0.15) is 0 Å². The SMILES string of the molecule is Cc1sc(=O)n(Cc2nc(N)c3ccsc3n2)c1C. The summed E-state index contributed by atoms with van der Waals surface area (Å²) in [4.78, 5) is 22.5. The van der Waals surface area contributed by atoms with E-state index < -0.39 is 0 Å². The lowest BCUT2D eigenvalue weighted by molar-refractivity contribution is 0.714. The van der Waals surface area contributed by atoms with Crippen LogP contribution in [0.25, 0.3) is 10.2 Å². The molecule has 0 fully saturated rings. The highest BCUT2D eigenvalue weighted by Gasteiger charge is 2.11. The number of nitrogen functional groups attached to an aromatic ring is 1. The van der Waals surface area contributed by atoms with Crippen LogP contribution in [0.3, 0.4) is 0 Å². The first kappa shape index (κ1) is 12.3. The molecule has 3 aromatic rings. The molecule has 0 saturated heterocycles. The number of thiophene rings is 1. The molecule has 0 amide bonds. The predicted octanol–water partition coefficient (Wildman–Crippen LogP) is 2.16. The van der Waals surface area contributed by atoms with Crippen LogP contribution in [0.4, 0.5) is 5.82 Å². The van der Waals surface area contributed by atoms with E-state index in [0.717, 1.165) is 20.8 Å². The van der Waals surface area contributed by atoms with Crippen LogP contribution in [0.15, 0.2) is 16.2 Å². The van der Waals surface area contributed by atoms with Crippen LogP contribution in [-0.4, -0.2) is 14.5 Å². The molecule has 0 aromatic carbocycles. The van der Waals surface area contributed by atoms with Crippen molar-refractivity contribution in [2.24, 2.45) is 0 Å². The summed E-state index contributed by atoms with van der Waals surface area (Å²) in [7, 11) is 0. The smallest absolute Gasteiger partial charge is 0.307 e. The van der Waals surface area contributed by atoms with Gasteiger partial charge in [0.25, 0.3) is 0 Å². The highest BCUT2D eigenvalue weighted by molar-refractivity contribution is 7.16. The summed E-state index contributed by atoms with van der Waals surface area (Å²) >= 11 is 2.77. The lowest BCUT2D eigenvalue weighted by Crippen LogP contribution is -2.17. The third-order valence-corrected chi connectivity index (χ3v) is 4.88. The summed E-state index contributed by atoms with van der Waals surface area (Å²) in [6.45, 7) is 4.24. The number of thiazole rings is 1. The van der Waals surface area contributed by atoms with Gasteiger partial charge in [0.1, 0.15) is 10.6 Å². The molecular formula is C12H12N4OS2. The minimum Gasteiger partial charge on any atom is -0.383 e. The molecule has 0 aliphatic carbocycles. The molecule has 0 radical (unpaired) electrons. The fourth-order valence-electron chi connectivity index (χ4n) is 1.91. The third-order valence-electron chi connectivity index (χ3n) is 3.08. The highest BCUT2D eigenvalue weighted by Crippen LogP contribution is 2.23. The van der Waals surface area contributed by atoms with E-state index in [2.05, 4.69) is 9.97 Å². The molecule has 3 aromatic heterocycles. The first-order chi connectivity index (χ1) is 9.06. The van der Waals surface area contributed by atoms with Gasteiger partial charge in [-0.05, 0) is 25.3 Å². The normalized spacial score (nSPS) is 11.3. The molecule has 0 unspecified atom stereocenters. The van der Waals surface area contributed by atoms with E-state index in [0.29, 0.717) is 18.2 Å². The molecular weight excluding hydrogens is 280 g/mol. The molecule has 5 nitrogen and oxygen atoms in total. The van der Waals surface area contributed by atoms with Crippen LogP contribution in [0.1, 0.15) is 16.4 Å². The molecule has 3 rings (SSSR count). The fourth-order valence-corrected chi connectivity index (χ4v) is 3.53. The number of hydrogen-bond acceptors (Lipinski definition) is 6. The number of hydrogen-bond donors (Lipinski definition) is 1. The van der Waals surface area contributed by atoms with Crippen molar-refractivity contribution in [1.82, 2.24) is 14.5 Å². The van der Waals surface area contributed by atoms with Crippen LogP contribution in [0.2, 0.25) is 0 Å². The third kappa shape index (κ3) is 2.04. The number of nitrogens with zero attached hydrogens (tertiary/aromatic N) is 3. The molecule has 0 atom stereocenters. The molecule has 0 saturated carbocycles. The summed E-state index contributed by atoms with van der Waals surface area (Å²) in [5.41, 5.74) is 6.87. The maximum atomic E-state index is 11.9. The minimum atomic E-state index is 0.0171. The van der Waals surface area contributed by atoms with Crippen LogP contribution in [0, 0.1) is 13.8 Å². The number of aromatic nitrogens is 3. The molecule has 7 heteroatoms. The first-order valence-electron chi connectivity index (χ1n) is 5.72. The molecule has 0 spiro atoms. The van der Waals surface area contributed by atoms with E-state index in [1.165, 1.54) is 22.7 Å². The van der Waals surface area contributed by atoms with Crippen LogP contribution in [0.5, 0.6) is 0 Å². The maximum Gasteiger partial charge on any atom is 0.307 e. The number of nitrogens with two attached hydrogens (primary N) is 1. The number of rotatable bonds is 2. The quantitative estimate of drug-likeness (QED) is 0.785. The molecule has 3 heterocycles.